The average molecular weight is 228 g/mol. The predicted octanol–water partition coefficient (Wildman–Crippen LogP) is 1.76. The van der Waals surface area contributed by atoms with Crippen molar-refractivity contribution >= 4 is 16.5 Å². The molecule has 0 radical (unpaired) electrons. The summed E-state index contributed by atoms with van der Waals surface area (Å²) in [5, 5.41) is 0. The molecule has 1 heterocycles. The first-order valence-corrected chi connectivity index (χ1v) is 6.33. The molecule has 0 aliphatic carbocycles. The van der Waals surface area contributed by atoms with Gasteiger partial charge >= 0.3 is 0 Å². The highest BCUT2D eigenvalue weighted by Crippen LogP contribution is 2.08. The standard InChI is InChI=1S/C10H16N2O2S/c1-13-10(14-2)8-15(3)12-9-6-4-5-7-11-9/h4-7,10H,8H2,1-3H3. The lowest BCUT2D eigenvalue weighted by atomic mass is 10.5. The molecule has 5 heteroatoms. The van der Waals surface area contributed by atoms with Gasteiger partial charge in [0.2, 0.25) is 0 Å². The largest absolute Gasteiger partial charge is 0.355 e. The Morgan fingerprint density at radius 3 is 2.67 bits per heavy atom. The molecule has 0 amide bonds. The Labute approximate surface area is 92.7 Å². The maximum atomic E-state index is 5.11. The van der Waals surface area contributed by atoms with Crippen LogP contribution < -0.4 is 0 Å². The van der Waals surface area contributed by atoms with Crippen molar-refractivity contribution in [3.8, 4) is 0 Å². The van der Waals surface area contributed by atoms with E-state index in [9.17, 15) is 0 Å². The summed E-state index contributed by atoms with van der Waals surface area (Å²) in [6, 6.07) is 5.69. The Balaban J connectivity index is 2.60. The summed E-state index contributed by atoms with van der Waals surface area (Å²) in [6.07, 6.45) is 3.59. The smallest absolute Gasteiger partial charge is 0.166 e. The highest BCUT2D eigenvalue weighted by molar-refractivity contribution is 7.86. The van der Waals surface area contributed by atoms with Gasteiger partial charge in [0.1, 0.15) is 0 Å². The minimum atomic E-state index is -0.189. The van der Waals surface area contributed by atoms with Gasteiger partial charge < -0.3 is 9.47 Å². The van der Waals surface area contributed by atoms with Gasteiger partial charge in [0.15, 0.2) is 12.1 Å². The molecule has 0 saturated carbocycles. The molecule has 0 spiro atoms. The molecule has 0 aromatic carbocycles. The number of ether oxygens (including phenoxy) is 2. The van der Waals surface area contributed by atoms with Crippen LogP contribution in [0.15, 0.2) is 28.8 Å². The molecule has 15 heavy (non-hydrogen) atoms. The first kappa shape index (κ1) is 12.3. The van der Waals surface area contributed by atoms with Gasteiger partial charge in [-0.2, -0.15) is 0 Å². The number of nitrogens with zero attached hydrogens (tertiary/aromatic N) is 2. The molecule has 4 nitrogen and oxygen atoms in total. The van der Waals surface area contributed by atoms with E-state index in [2.05, 4.69) is 9.35 Å². The minimum Gasteiger partial charge on any atom is -0.355 e. The van der Waals surface area contributed by atoms with Crippen molar-refractivity contribution < 1.29 is 9.47 Å². The number of methoxy groups -OCH3 is 2. The zero-order chi connectivity index (χ0) is 11.1. The summed E-state index contributed by atoms with van der Waals surface area (Å²) in [6.45, 7) is 0. The van der Waals surface area contributed by atoms with Gasteiger partial charge in [-0.3, -0.25) is 0 Å². The van der Waals surface area contributed by atoms with Crippen molar-refractivity contribution in [2.75, 3.05) is 26.2 Å². The Kier molecular flexibility index (Phi) is 5.45. The summed E-state index contributed by atoms with van der Waals surface area (Å²) in [5.41, 5.74) is 0. The number of hydrogen-bond acceptors (Lipinski definition) is 4. The summed E-state index contributed by atoms with van der Waals surface area (Å²) in [4.78, 5) is 4.14. The number of pyridine rings is 1. The molecule has 0 aliphatic heterocycles. The van der Waals surface area contributed by atoms with Crippen molar-refractivity contribution in [3.63, 3.8) is 0 Å². The van der Waals surface area contributed by atoms with Crippen molar-refractivity contribution in [2.24, 2.45) is 4.36 Å². The topological polar surface area (TPSA) is 43.7 Å². The molecule has 84 valence electrons. The van der Waals surface area contributed by atoms with Crippen molar-refractivity contribution in [1.29, 1.82) is 0 Å². The normalized spacial score (nSPS) is 13.3. The lowest BCUT2D eigenvalue weighted by molar-refractivity contribution is -0.0844. The Bertz CT molecular complexity index is 312. The number of hydrogen-bond donors (Lipinski definition) is 0. The van der Waals surface area contributed by atoms with Crippen molar-refractivity contribution in [3.05, 3.63) is 24.4 Å². The van der Waals surface area contributed by atoms with Gasteiger partial charge in [-0.05, 0) is 18.4 Å². The van der Waals surface area contributed by atoms with Crippen LogP contribution in [0.2, 0.25) is 0 Å². The van der Waals surface area contributed by atoms with Crippen LogP contribution in [0.4, 0.5) is 5.82 Å². The maximum Gasteiger partial charge on any atom is 0.166 e. The van der Waals surface area contributed by atoms with Crippen LogP contribution >= 0.6 is 0 Å². The van der Waals surface area contributed by atoms with Gasteiger partial charge in [0.25, 0.3) is 0 Å². The van der Waals surface area contributed by atoms with Crippen molar-refractivity contribution in [1.82, 2.24) is 4.98 Å². The van der Waals surface area contributed by atoms with Crippen LogP contribution in [-0.4, -0.2) is 37.5 Å². The predicted molar refractivity (Wildman–Crippen MR) is 62.3 cm³/mol. The first-order valence-electron chi connectivity index (χ1n) is 4.57. The fourth-order valence-electron chi connectivity index (χ4n) is 1.03. The molecule has 1 rings (SSSR count). The number of aromatic nitrogens is 1. The van der Waals surface area contributed by atoms with E-state index in [1.807, 2.05) is 24.5 Å². The van der Waals surface area contributed by atoms with Crippen LogP contribution in [0, 0.1) is 0 Å². The van der Waals surface area contributed by atoms with Gasteiger partial charge in [0.05, 0.1) is 5.75 Å². The van der Waals surface area contributed by atoms with Crippen LogP contribution in [0.3, 0.4) is 0 Å². The molecule has 0 N–H and O–H groups in total. The van der Waals surface area contributed by atoms with E-state index in [-0.39, 0.29) is 17.0 Å². The highest BCUT2D eigenvalue weighted by atomic mass is 32.2. The molecular weight excluding hydrogens is 212 g/mol. The molecule has 1 unspecified atom stereocenters. The SMILES string of the molecule is COC(C/S(C)=N\c1ccccn1)OC. The quantitative estimate of drug-likeness (QED) is 0.721. The molecule has 1 atom stereocenters. The molecular formula is C10H16N2O2S. The zero-order valence-electron chi connectivity index (χ0n) is 9.21. The van der Waals surface area contributed by atoms with Gasteiger partial charge in [-0.15, -0.1) is 0 Å². The second kappa shape index (κ2) is 6.66. The summed E-state index contributed by atoms with van der Waals surface area (Å²) >= 11 is 0. The molecule has 0 fully saturated rings. The summed E-state index contributed by atoms with van der Waals surface area (Å²) < 4.78 is 14.7. The maximum absolute atomic E-state index is 5.11. The van der Waals surface area contributed by atoms with E-state index >= 15 is 0 Å². The monoisotopic (exact) mass is 228 g/mol. The third-order valence-electron chi connectivity index (χ3n) is 1.80. The Morgan fingerprint density at radius 1 is 1.40 bits per heavy atom. The molecule has 0 bridgehead atoms. The van der Waals surface area contributed by atoms with Gasteiger partial charge in [-0.25, -0.2) is 9.35 Å². The lowest BCUT2D eigenvalue weighted by Gasteiger charge is -2.12. The van der Waals surface area contributed by atoms with Crippen molar-refractivity contribution in [2.45, 2.75) is 6.29 Å². The van der Waals surface area contributed by atoms with E-state index in [4.69, 9.17) is 9.47 Å². The van der Waals surface area contributed by atoms with Gasteiger partial charge in [-0.1, -0.05) is 16.8 Å². The molecule has 1 aromatic rings. The summed E-state index contributed by atoms with van der Waals surface area (Å²) in [7, 11) is 3.12. The second-order valence-corrected chi connectivity index (χ2v) is 4.66. The molecule has 0 aliphatic rings. The third-order valence-corrected chi connectivity index (χ3v) is 3.06. The van der Waals surface area contributed by atoms with Crippen LogP contribution in [-0.2, 0) is 20.2 Å². The molecule has 0 saturated heterocycles. The minimum absolute atomic E-state index is 0.138. The average Bonchev–Trinajstić information content (AvgIpc) is 2.27. The fourth-order valence-corrected chi connectivity index (χ4v) is 2.20. The number of rotatable bonds is 5. The van der Waals surface area contributed by atoms with Crippen LogP contribution in [0.25, 0.3) is 0 Å². The summed E-state index contributed by atoms with van der Waals surface area (Å²) in [5.74, 6) is 1.51. The Hall–Kier alpha value is -0.780. The van der Waals surface area contributed by atoms with E-state index < -0.39 is 0 Å². The zero-order valence-corrected chi connectivity index (χ0v) is 10.0. The Morgan fingerprint density at radius 2 is 2.13 bits per heavy atom. The van der Waals surface area contributed by atoms with Crippen LogP contribution in [0.1, 0.15) is 0 Å². The van der Waals surface area contributed by atoms with E-state index in [1.54, 1.807) is 20.4 Å². The molecule has 1 aromatic heterocycles. The van der Waals surface area contributed by atoms with Gasteiger partial charge in [0, 0.05) is 20.4 Å². The van der Waals surface area contributed by atoms with E-state index in [1.165, 1.54) is 0 Å². The lowest BCUT2D eigenvalue weighted by Crippen LogP contribution is -2.20. The second-order valence-electron chi connectivity index (χ2n) is 2.95. The van der Waals surface area contributed by atoms with E-state index in [0.29, 0.717) is 0 Å². The first-order chi connectivity index (χ1) is 7.26. The highest BCUT2D eigenvalue weighted by Gasteiger charge is 2.05. The fraction of sp³-hybridized carbons (Fsp3) is 0.500. The van der Waals surface area contributed by atoms with Crippen LogP contribution in [0.5, 0.6) is 0 Å². The van der Waals surface area contributed by atoms with E-state index in [0.717, 1.165) is 11.6 Å². The third kappa shape index (κ3) is 4.51.